The van der Waals surface area contributed by atoms with Gasteiger partial charge in [-0.2, -0.15) is 29.1 Å². The SMILES string of the molecule is C.C.C1CCC([PH+](C2CCCCC2)C2CCCCC2)CC1.CC#N.CC#N.CC#N.Cc1cc(C)c(N2[CH-]N(c3c(C)cc(C)cc3C)CC2)c(C)c1.Cc1cc(C)c(N2[CH-]N(c3c(C)cc(C)cc3C)CC2)c(C)c1.[Cl][Cu].[Cl][Ru]([Cl])=[CH]c1ccccc1.[Cl][Ru]([Cl])=[CH]c1ccccc1. The van der Waals surface area contributed by atoms with Gasteiger partial charge in [0, 0.05) is 77.6 Å². The summed E-state index contributed by atoms with van der Waals surface area (Å²) in [6, 6.07) is 43.3. The van der Waals surface area contributed by atoms with Crippen molar-refractivity contribution in [1.82, 2.24) is 0 Å². The minimum absolute atomic E-state index is 0. The molecule has 7 nitrogen and oxygen atoms in total. The van der Waals surface area contributed by atoms with Crippen molar-refractivity contribution in [2.75, 3.05) is 45.8 Å². The first kappa shape index (κ1) is 92.4. The summed E-state index contributed by atoms with van der Waals surface area (Å²) >= 11 is 0.430. The zero-order chi connectivity index (χ0) is 71.3. The van der Waals surface area contributed by atoms with Crippen molar-refractivity contribution in [1.29, 1.82) is 15.8 Å². The third kappa shape index (κ3) is 32.4. The van der Waals surface area contributed by atoms with Crippen molar-refractivity contribution in [2.45, 2.75) is 232 Å². The summed E-state index contributed by atoms with van der Waals surface area (Å²) in [6.07, 6.45) is 23.8. The molecule has 548 valence electrons. The average Bonchev–Trinajstić information content (AvgIpc) is 1.55. The maximum absolute atomic E-state index is 7.32. The number of halogens is 5. The molecular weight excluding hydrogens is 1560 g/mol. The van der Waals surface area contributed by atoms with Crippen LogP contribution in [-0.2, 0) is 42.1 Å². The van der Waals surface area contributed by atoms with Gasteiger partial charge in [-0.3, -0.25) is 0 Å². The summed E-state index contributed by atoms with van der Waals surface area (Å²) in [4.78, 5) is 9.62. The Kier molecular flexibility index (Phi) is 48.6. The number of hydrogen-bond acceptors (Lipinski definition) is 7. The molecule has 3 aliphatic carbocycles. The van der Waals surface area contributed by atoms with E-state index in [-0.39, 0.29) is 22.8 Å². The quantitative estimate of drug-likeness (QED) is 0.0810. The van der Waals surface area contributed by atoms with E-state index in [0.29, 0.717) is 0 Å². The molecule has 5 aliphatic rings. The van der Waals surface area contributed by atoms with Crippen LogP contribution in [0.15, 0.2) is 109 Å². The van der Waals surface area contributed by atoms with Crippen molar-refractivity contribution in [2.24, 2.45) is 0 Å². The Hall–Kier alpha value is -3.62. The normalized spacial score (nSPS) is 15.0. The molecule has 0 atom stereocenters. The summed E-state index contributed by atoms with van der Waals surface area (Å²) < 4.78 is 3.85. The van der Waals surface area contributed by atoms with Crippen LogP contribution < -0.4 is 19.6 Å². The molecule has 16 heteroatoms. The van der Waals surface area contributed by atoms with Gasteiger partial charge in [-0.1, -0.05) is 105 Å². The van der Waals surface area contributed by atoms with Crippen LogP contribution in [-0.4, -0.2) is 52.4 Å². The van der Waals surface area contributed by atoms with Gasteiger partial charge < -0.3 is 19.6 Å². The van der Waals surface area contributed by atoms with Gasteiger partial charge in [0.2, 0.25) is 0 Å². The number of anilines is 4. The zero-order valence-electron chi connectivity index (χ0n) is 59.9. The van der Waals surface area contributed by atoms with E-state index in [1.54, 1.807) is 115 Å². The number of aryl methyl sites for hydroxylation is 12. The van der Waals surface area contributed by atoms with Crippen molar-refractivity contribution in [3.63, 3.8) is 0 Å². The molecule has 0 radical (unpaired) electrons. The van der Waals surface area contributed by atoms with E-state index >= 15 is 0 Å². The van der Waals surface area contributed by atoms with E-state index in [9.17, 15) is 0 Å². The second kappa shape index (κ2) is 51.5. The van der Waals surface area contributed by atoms with Crippen LogP contribution >= 0.6 is 56.8 Å². The van der Waals surface area contributed by atoms with Gasteiger partial charge in [0.25, 0.3) is 0 Å². The Bertz CT molecular complexity index is 2980. The van der Waals surface area contributed by atoms with Gasteiger partial charge >= 0.3 is 172 Å². The summed E-state index contributed by atoms with van der Waals surface area (Å²) in [6.45, 7) is 39.4. The van der Waals surface area contributed by atoms with Gasteiger partial charge in [-0.25, -0.2) is 0 Å². The summed E-state index contributed by atoms with van der Waals surface area (Å²) in [5.41, 5.74) is 27.6. The van der Waals surface area contributed by atoms with E-state index < -0.39 is 27.0 Å². The monoisotopic (exact) mass is 1670 g/mol. The van der Waals surface area contributed by atoms with E-state index in [4.69, 9.17) is 54.5 Å². The predicted molar refractivity (Wildman–Crippen MR) is 429 cm³/mol. The van der Waals surface area contributed by atoms with E-state index in [1.807, 2.05) is 69.9 Å². The average molecular weight is 1670 g/mol. The van der Waals surface area contributed by atoms with Gasteiger partial charge in [0.1, 0.15) is 0 Å². The predicted octanol–water partition coefficient (Wildman–Crippen LogP) is 25.2. The Balaban J connectivity index is 0.000000604. The van der Waals surface area contributed by atoms with Gasteiger partial charge in [0.05, 0.1) is 35.2 Å². The summed E-state index contributed by atoms with van der Waals surface area (Å²) in [5.74, 6) is 0. The van der Waals surface area contributed by atoms with Crippen LogP contribution in [0.3, 0.4) is 0 Å². The first-order valence-electron chi connectivity index (χ1n) is 33.8. The van der Waals surface area contributed by atoms with Crippen molar-refractivity contribution in [3.8, 4) is 18.2 Å². The molecule has 6 aromatic carbocycles. The fourth-order valence-corrected chi connectivity index (χ4v) is 23.6. The van der Waals surface area contributed by atoms with Gasteiger partial charge in [0.15, 0.2) is 0 Å². The van der Waals surface area contributed by atoms with E-state index in [1.165, 1.54) is 127 Å². The van der Waals surface area contributed by atoms with Crippen LogP contribution in [0.2, 0.25) is 0 Å². The fraction of sp³-hybridized carbons (Fsp3) is 0.476. The molecule has 2 saturated heterocycles. The molecule has 11 rings (SSSR count). The Morgan fingerprint density at radius 3 is 0.735 bits per heavy atom. The maximum atomic E-state index is 7.32. The second-order valence-electron chi connectivity index (χ2n) is 25.6. The minimum atomic E-state index is -1.61. The van der Waals surface area contributed by atoms with Crippen molar-refractivity contribution >= 4 is 88.8 Å². The van der Waals surface area contributed by atoms with Crippen LogP contribution in [0.25, 0.3) is 0 Å². The molecule has 6 aromatic rings. The molecular formula is C82H117Cl5CuN7PRu2-. The molecule has 0 unspecified atom stereocenters. The topological polar surface area (TPSA) is 84.3 Å². The van der Waals surface area contributed by atoms with Crippen molar-refractivity contribution in [3.05, 3.63) is 200 Å². The standard InChI is InChI=1S/2C21H27N2.C18H33P.2C7H6.3C2H3N.2CH4.5ClH.Cu.2Ru/c2*1-14-9-16(3)20(17(4)10-14)22-7-8-23(13-22)21-18(5)11-15(2)12-19(21)6;1-4-10-16(11-5-1)19(17-12-6-2-7-13-17)18-14-8-3-9-15-18;2*1-7-5-3-2-4-6-7;3*1-2-3;;;;;;;;;;/h2*9-13H,7-8H2,1-6H3;16-18H,1-15H2;2*1-6H;3*1H3;2*1H4;5*1H;;;/q2*-1;;;;;;;;;;;;;;+1;2*+2/p-4. The molecule has 0 spiro atoms. The molecule has 0 bridgehead atoms. The molecule has 2 aliphatic heterocycles. The molecule has 98 heavy (non-hydrogen) atoms. The Morgan fingerprint density at radius 1 is 0.378 bits per heavy atom. The zero-order valence-corrected chi connectivity index (χ0v) is 69.1. The number of hydrogen-bond donors (Lipinski definition) is 0. The van der Waals surface area contributed by atoms with Gasteiger partial charge in [-0.05, 0) is 205 Å². The molecule has 3 saturated carbocycles. The first-order chi connectivity index (χ1) is 46.0. The summed E-state index contributed by atoms with van der Waals surface area (Å²) in [5, 5.41) is 22.0. The Labute approximate surface area is 637 Å². The van der Waals surface area contributed by atoms with E-state index in [0.717, 1.165) is 37.3 Å². The van der Waals surface area contributed by atoms with Crippen molar-refractivity contribution < 1.29 is 42.1 Å². The summed E-state index contributed by atoms with van der Waals surface area (Å²) in [7, 11) is 26.8. The molecule has 5 fully saturated rings. The first-order valence-corrected chi connectivity index (χ1v) is 47.7. The fourth-order valence-electron chi connectivity index (χ4n) is 14.7. The molecule has 0 amide bonds. The number of nitriles is 3. The van der Waals surface area contributed by atoms with Crippen LogP contribution in [0.1, 0.15) is 210 Å². The van der Waals surface area contributed by atoms with E-state index in [2.05, 4.69) is 190 Å². The van der Waals surface area contributed by atoms with Crippen LogP contribution in [0, 0.1) is 130 Å². The Morgan fingerprint density at radius 2 is 0.561 bits per heavy atom. The third-order valence-corrected chi connectivity index (χ3v) is 25.9. The number of benzene rings is 6. The van der Waals surface area contributed by atoms with Crippen LogP contribution in [0.5, 0.6) is 0 Å². The third-order valence-electron chi connectivity index (χ3n) is 17.6. The number of rotatable bonds is 9. The molecule has 0 N–H and O–H groups in total. The number of nitrogens with zero attached hydrogens (tertiary/aromatic N) is 7. The second-order valence-corrected chi connectivity index (χ2v) is 40.5. The molecule has 2 heterocycles. The van der Waals surface area contributed by atoms with Crippen LogP contribution in [0.4, 0.5) is 22.7 Å². The molecule has 0 aromatic heterocycles. The van der Waals surface area contributed by atoms with Gasteiger partial charge in [-0.15, -0.1) is 0 Å².